The number of aryl methyl sites for hydroxylation is 1. The zero-order valence-corrected chi connectivity index (χ0v) is 55.9. The maximum absolute atomic E-state index is 12.7. The Bertz CT molecular complexity index is 4870. The maximum Gasteiger partial charge on any atom is 1.00 e. The average molecular weight is 1230 g/mol. The van der Waals surface area contributed by atoms with E-state index in [-0.39, 0.29) is 188 Å². The summed E-state index contributed by atoms with van der Waals surface area (Å²) in [6, 6.07) is 25.8. The van der Waals surface area contributed by atoms with Gasteiger partial charge in [0.25, 0.3) is 0 Å². The molecule has 0 radical (unpaired) electrons. The van der Waals surface area contributed by atoms with E-state index >= 15 is 0 Å². The summed E-state index contributed by atoms with van der Waals surface area (Å²) in [4.78, 5) is 33.5. The maximum atomic E-state index is 12.7. The molecule has 9 aromatic rings. The van der Waals surface area contributed by atoms with Crippen LogP contribution in [-0.2, 0) is 56.3 Å². The van der Waals surface area contributed by atoms with Crippen LogP contribution in [-0.4, -0.2) is 94.6 Å². The minimum absolute atomic E-state index is 0. The molecule has 0 unspecified atom stereocenters. The molecule has 2 saturated carbocycles. The number of aliphatic hydroxyl groups is 1. The number of hydrogen-bond donors (Lipinski definition) is 4. The van der Waals surface area contributed by atoms with Crippen molar-refractivity contribution >= 4 is 85.3 Å². The number of phenols is 1. The van der Waals surface area contributed by atoms with Gasteiger partial charge in [0.15, 0.2) is 23.3 Å². The number of aromatic hydroxyl groups is 1. The van der Waals surface area contributed by atoms with E-state index in [9.17, 15) is 49.1 Å². The van der Waals surface area contributed by atoms with Crippen LogP contribution in [0.4, 0.5) is 0 Å². The smallest absolute Gasteiger partial charge is 0.744 e. The van der Waals surface area contributed by atoms with Crippen molar-refractivity contribution in [3.05, 3.63) is 120 Å². The number of nitrogens with zero attached hydrogens (tertiary/aromatic N) is 6. The van der Waals surface area contributed by atoms with E-state index in [1.165, 1.54) is 29.3 Å². The van der Waals surface area contributed by atoms with E-state index in [4.69, 9.17) is 24.9 Å². The Kier molecular flexibility index (Phi) is 15.9. The zero-order chi connectivity index (χ0) is 54.0. The van der Waals surface area contributed by atoms with Crippen molar-refractivity contribution in [2.75, 3.05) is 0 Å². The van der Waals surface area contributed by atoms with Crippen LogP contribution in [0.2, 0.25) is 0 Å². The second kappa shape index (κ2) is 21.5. The normalized spacial score (nSPS) is 20.5. The summed E-state index contributed by atoms with van der Waals surface area (Å²) >= 11 is 0. The van der Waals surface area contributed by atoms with Crippen LogP contribution in [0, 0.1) is 29.1 Å². The first kappa shape index (κ1) is 60.7. The second-order valence-corrected chi connectivity index (χ2v) is 25.1. The number of aromatic amines is 2. The van der Waals surface area contributed by atoms with Gasteiger partial charge >= 0.3 is 88.7 Å². The van der Waals surface area contributed by atoms with Gasteiger partial charge in [0.05, 0.1) is 14.7 Å². The third-order valence-corrected chi connectivity index (χ3v) is 19.4. The van der Waals surface area contributed by atoms with Gasteiger partial charge in [0.2, 0.25) is 0 Å². The van der Waals surface area contributed by atoms with Crippen molar-refractivity contribution in [2.24, 2.45) is 17.3 Å². The summed E-state index contributed by atoms with van der Waals surface area (Å²) in [7, 11) is -15.0. The second-order valence-electron chi connectivity index (χ2n) is 20.9. The number of fused-ring (bicyclic) bond motifs is 26. The molecule has 0 saturated heterocycles. The molecular formula is C56H39N8Na3O11S3Zn. The van der Waals surface area contributed by atoms with Crippen LogP contribution in [0.15, 0.2) is 118 Å². The van der Waals surface area contributed by atoms with Gasteiger partial charge in [-0.3, -0.25) is 0 Å². The summed E-state index contributed by atoms with van der Waals surface area (Å²) in [6.45, 7) is 2.18. The summed E-state index contributed by atoms with van der Waals surface area (Å²) in [5.74, 6) is 8.03. The van der Waals surface area contributed by atoms with Crippen molar-refractivity contribution < 1.29 is 157 Å². The zero-order valence-electron chi connectivity index (χ0n) is 44.5. The van der Waals surface area contributed by atoms with E-state index in [1.54, 1.807) is 6.07 Å². The van der Waals surface area contributed by atoms with Gasteiger partial charge in [-0.1, -0.05) is 37.0 Å². The Morgan fingerprint density at radius 2 is 1.09 bits per heavy atom. The van der Waals surface area contributed by atoms with Gasteiger partial charge in [0.1, 0.15) is 64.3 Å². The number of benzene rings is 6. The van der Waals surface area contributed by atoms with Crippen molar-refractivity contribution in [3.8, 4) is 63.1 Å². The van der Waals surface area contributed by atoms with Gasteiger partial charge in [-0.05, 0) is 163 Å². The summed E-state index contributed by atoms with van der Waals surface area (Å²) < 4.78 is 112. The van der Waals surface area contributed by atoms with E-state index in [0.717, 1.165) is 73.9 Å². The number of hydrogen-bond acceptors (Lipinski definition) is 17. The molecule has 5 aliphatic rings. The van der Waals surface area contributed by atoms with Gasteiger partial charge < -0.3 is 33.8 Å². The average Bonchev–Trinajstić information content (AvgIpc) is 4.39. The molecule has 0 amide bonds. The standard InChI is InChI=1S/C56H42N8O11S3.3Na.Zn/c1-55-18-16-35-34-11-6-30(65)21-29(34)5-10-36(35)46(55)17-20-56(55,66)19-15-27-3-2-4-28-22-41-45(26-40(27)28)54-62-49-37-12-7-31(76(67,68)69)23-42(37)51(59-49)58-48-39-14-9-33(78(73,74)75)25-44(39)53(61-48)64-52-43-24-32(77(70,71)72)8-13-38(43)47(60-52)57-50(41)63-54;;;;/h2-4,6-9,11-14,21-26,35-36,46,65-66H,5,10,16-18,20H2,1H3,(H,67,68,69)(H,70,71,72)(H,73,74,75)(H2,57,58,59,60,61,62,63,64);;;;/q;3*+1;/p-3/t35-,36-,46+,55+,56-;;;;/m1..../s1. The molecule has 4 N–H and O–H groups in total. The summed E-state index contributed by atoms with van der Waals surface area (Å²) in [5.41, 5.74) is 2.72. The minimum atomic E-state index is -5.02. The van der Waals surface area contributed by atoms with Crippen LogP contribution in [0.3, 0.4) is 0 Å². The van der Waals surface area contributed by atoms with Crippen molar-refractivity contribution in [1.82, 2.24) is 39.9 Å². The molecule has 2 aliphatic heterocycles. The molecule has 14 rings (SSSR count). The molecule has 6 aromatic carbocycles. The fourth-order valence-corrected chi connectivity index (χ4v) is 14.5. The van der Waals surface area contributed by atoms with E-state index in [2.05, 4.69) is 39.8 Å². The number of aromatic nitrogens is 8. The molecule has 0 spiro atoms. The fourth-order valence-electron chi connectivity index (χ4n) is 13.0. The molecule has 3 aromatic heterocycles. The Morgan fingerprint density at radius 1 is 0.561 bits per heavy atom. The Labute approximate surface area is 548 Å². The monoisotopic (exact) mass is 1230 g/mol. The molecule has 392 valence electrons. The van der Waals surface area contributed by atoms with Gasteiger partial charge in [0, 0.05) is 74.3 Å². The molecule has 8 bridgehead atoms. The van der Waals surface area contributed by atoms with E-state index in [1.807, 2.05) is 36.4 Å². The van der Waals surface area contributed by atoms with Crippen molar-refractivity contribution in [3.63, 3.8) is 0 Å². The molecule has 5 atom stereocenters. The van der Waals surface area contributed by atoms with Gasteiger partial charge in [-0.2, -0.15) is 0 Å². The summed E-state index contributed by atoms with van der Waals surface area (Å²) in [5, 5.41) is 25.2. The van der Waals surface area contributed by atoms with Crippen molar-refractivity contribution in [1.29, 1.82) is 0 Å². The van der Waals surface area contributed by atoms with E-state index in [0.29, 0.717) is 51.1 Å². The third kappa shape index (κ3) is 9.96. The SMILES string of the molecule is C[C@]12CC[C@@H]3c4ccc(O)cc4CC[C@H]3[C@@H]1CC[C@]2(O)C#Cc1cccc2cc3c(cc12)-c1nc-3nc2[nH]c(nc3nc(nc4[nH]c(n1)c1ccc(S(=O)(=O)[O-])cc41)-c1ccc(S(=O)(=O)[O-])cc1-3)c1cc(S(=O)(=O)[O-])ccc21.[Na+].[Na+].[Na+].[Zn]. The summed E-state index contributed by atoms with van der Waals surface area (Å²) in [6.07, 6.45) is 4.89. The first-order valence-electron chi connectivity index (χ1n) is 24.9. The van der Waals surface area contributed by atoms with Crippen LogP contribution in [0.1, 0.15) is 61.6 Å². The molecule has 82 heavy (non-hydrogen) atoms. The molecule has 5 heterocycles. The quantitative estimate of drug-likeness (QED) is 0.0945. The van der Waals surface area contributed by atoms with Crippen LogP contribution in [0.5, 0.6) is 5.75 Å². The number of nitrogens with one attached hydrogen (secondary N) is 2. The number of H-pyrrole nitrogens is 2. The molecule has 26 heteroatoms. The van der Waals surface area contributed by atoms with Gasteiger partial charge in [-0.15, -0.1) is 0 Å². The van der Waals surface area contributed by atoms with Crippen LogP contribution >= 0.6 is 0 Å². The first-order valence-corrected chi connectivity index (χ1v) is 29.1. The minimum Gasteiger partial charge on any atom is -0.744 e. The molecule has 2 fully saturated rings. The Morgan fingerprint density at radius 3 is 1.67 bits per heavy atom. The van der Waals surface area contributed by atoms with E-state index < -0.39 is 56.1 Å². The topological polar surface area (TPSA) is 321 Å². The Balaban J connectivity index is 0.00000188. The number of phenolic OH excluding ortho intramolecular Hbond substituents is 1. The van der Waals surface area contributed by atoms with Gasteiger partial charge in [-0.25, -0.2) is 55.2 Å². The largest absolute Gasteiger partial charge is 1.00 e. The van der Waals surface area contributed by atoms with Crippen LogP contribution in [0.25, 0.3) is 100 Å². The molecule has 3 aliphatic carbocycles. The Hall–Kier alpha value is -4.39. The van der Waals surface area contributed by atoms with Crippen LogP contribution < -0.4 is 88.7 Å². The van der Waals surface area contributed by atoms with Crippen molar-refractivity contribution in [2.45, 2.75) is 71.7 Å². The fraction of sp³-hybridized carbons (Fsp3) is 0.214. The third-order valence-electron chi connectivity index (χ3n) is 16.9. The predicted molar refractivity (Wildman–Crippen MR) is 282 cm³/mol. The predicted octanol–water partition coefficient (Wildman–Crippen LogP) is -0.911. The number of rotatable bonds is 3. The molecular weight excluding hydrogens is 1190 g/mol. The molecule has 19 nitrogen and oxygen atoms in total. The first-order chi connectivity index (χ1) is 37.1.